The Morgan fingerprint density at radius 2 is 1.88 bits per heavy atom. The fourth-order valence-corrected chi connectivity index (χ4v) is 3.63. The van der Waals surface area contributed by atoms with Crippen molar-refractivity contribution in [2.24, 2.45) is 0 Å². The molecule has 11 heteroatoms. The Morgan fingerprint density at radius 1 is 1.15 bits per heavy atom. The third kappa shape index (κ3) is 9.17. The van der Waals surface area contributed by atoms with Crippen LogP contribution in [0.5, 0.6) is 0 Å². The summed E-state index contributed by atoms with van der Waals surface area (Å²) in [5.74, 6) is -1.80. The molecule has 6 N–H and O–H groups in total. The Balaban J connectivity index is 0.000000509. The Bertz CT molecular complexity index is 1060. The summed E-state index contributed by atoms with van der Waals surface area (Å²) in [6.45, 7) is 2.05. The van der Waals surface area contributed by atoms with Gasteiger partial charge in [-0.05, 0) is 30.0 Å². The number of hydrogen-bond acceptors (Lipinski definition) is 8. The topological polar surface area (TPSA) is 168 Å². The molecule has 10 nitrogen and oxygen atoms in total. The number of amides is 1. The molecule has 0 spiro atoms. The number of carbonyl (C=O) groups excluding carboxylic acids is 2. The van der Waals surface area contributed by atoms with E-state index in [2.05, 4.69) is 39.2 Å². The molecule has 2 heterocycles. The summed E-state index contributed by atoms with van der Waals surface area (Å²) in [6.07, 6.45) is -0.600. The average molecular weight is 487 g/mol. The quantitative estimate of drug-likeness (QED) is 0.334. The number of nitrogen functional groups attached to an aromatic ring is 1. The molecule has 1 atom stereocenters. The predicted molar refractivity (Wildman–Crippen MR) is 126 cm³/mol. The molecule has 0 bridgehead atoms. The number of H-pyrrole nitrogens is 1. The fourth-order valence-electron chi connectivity index (χ4n) is 2.85. The molecule has 0 fully saturated rings. The van der Waals surface area contributed by atoms with Crippen LogP contribution in [0.2, 0.25) is 0 Å². The van der Waals surface area contributed by atoms with Crippen LogP contribution in [0.15, 0.2) is 60.0 Å². The molecule has 1 unspecified atom stereocenters. The van der Waals surface area contributed by atoms with Gasteiger partial charge in [0, 0.05) is 17.4 Å². The molecule has 0 saturated heterocycles. The number of aliphatic carboxylic acids is 2. The number of aromatic amines is 1. The van der Waals surface area contributed by atoms with Crippen LogP contribution in [0.25, 0.3) is 0 Å². The number of hydrogen-bond donors (Lipinski definition) is 4. The first-order valence-corrected chi connectivity index (χ1v) is 11.2. The lowest BCUT2D eigenvalue weighted by atomic mass is 10.0. The minimum Gasteiger partial charge on any atom is -0.550 e. The van der Waals surface area contributed by atoms with Crippen molar-refractivity contribution in [2.75, 3.05) is 23.0 Å². The number of nitrogens with one attached hydrogen (secondary N) is 3. The molecule has 2 aromatic heterocycles. The van der Waals surface area contributed by atoms with Crippen LogP contribution < -0.4 is 26.5 Å². The first-order chi connectivity index (χ1) is 16.3. The van der Waals surface area contributed by atoms with Crippen molar-refractivity contribution in [1.82, 2.24) is 0 Å². The van der Waals surface area contributed by atoms with Gasteiger partial charge < -0.3 is 25.5 Å². The number of carboxylic acid groups (broad SMARTS) is 2. The van der Waals surface area contributed by atoms with Gasteiger partial charge in [-0.15, -0.1) is 11.3 Å². The van der Waals surface area contributed by atoms with Gasteiger partial charge in [-0.2, -0.15) is 0 Å². The molecule has 0 aliphatic carbocycles. The third-order valence-electron chi connectivity index (χ3n) is 4.28. The van der Waals surface area contributed by atoms with Gasteiger partial charge in [-0.1, -0.05) is 36.4 Å². The smallest absolute Gasteiger partial charge is 0.411 e. The van der Waals surface area contributed by atoms with Gasteiger partial charge in [-0.3, -0.25) is 15.4 Å². The van der Waals surface area contributed by atoms with Crippen molar-refractivity contribution in [2.45, 2.75) is 25.8 Å². The Morgan fingerprint density at radius 3 is 2.41 bits per heavy atom. The molecule has 0 saturated carbocycles. The second kappa shape index (κ2) is 13.4. The predicted octanol–water partition coefficient (Wildman–Crippen LogP) is 2.32. The van der Waals surface area contributed by atoms with E-state index < -0.39 is 24.5 Å². The highest BCUT2D eigenvalue weighted by atomic mass is 32.1. The molecule has 180 valence electrons. The van der Waals surface area contributed by atoms with E-state index in [-0.39, 0.29) is 6.04 Å². The van der Waals surface area contributed by atoms with Crippen molar-refractivity contribution < 1.29 is 34.3 Å². The second-order valence-corrected chi connectivity index (χ2v) is 7.87. The summed E-state index contributed by atoms with van der Waals surface area (Å²) in [7, 11) is 0. The van der Waals surface area contributed by atoms with E-state index in [1.807, 2.05) is 30.3 Å². The first kappa shape index (κ1) is 26.1. The van der Waals surface area contributed by atoms with Crippen molar-refractivity contribution in [3.8, 4) is 0 Å². The summed E-state index contributed by atoms with van der Waals surface area (Å²) < 4.78 is 4.88. The van der Waals surface area contributed by atoms with Crippen molar-refractivity contribution >= 4 is 46.7 Å². The Hall–Kier alpha value is -4.12. The first-order valence-electron chi connectivity index (χ1n) is 10.3. The van der Waals surface area contributed by atoms with Crippen molar-refractivity contribution in [3.63, 3.8) is 0 Å². The molecule has 0 aliphatic rings. The van der Waals surface area contributed by atoms with Gasteiger partial charge in [0.2, 0.25) is 11.6 Å². The zero-order valence-electron chi connectivity index (χ0n) is 18.4. The highest BCUT2D eigenvalue weighted by Gasteiger charge is 2.18. The van der Waals surface area contributed by atoms with Gasteiger partial charge in [0.15, 0.2) is 0 Å². The number of carboxylic acids is 2. The molecule has 1 aromatic carbocycles. The number of nitrogens with two attached hydrogens (primary N) is 1. The lowest BCUT2D eigenvalue weighted by Gasteiger charge is -2.15. The van der Waals surface area contributed by atoms with Crippen molar-refractivity contribution in [1.29, 1.82) is 0 Å². The third-order valence-corrected chi connectivity index (χ3v) is 5.27. The fraction of sp³-hybridized carbons (Fsp3) is 0.217. The molecular weight excluding hydrogens is 460 g/mol. The summed E-state index contributed by atoms with van der Waals surface area (Å²) >= 11 is 1.71. The van der Waals surface area contributed by atoms with Crippen LogP contribution >= 0.6 is 11.3 Å². The second-order valence-electron chi connectivity index (χ2n) is 6.89. The SMILES string of the molecule is CCOC(=O)Nc1ccc(NC(Cc2ccccc2)c2cccs2)[nH+]c1N.O=C([O-])CC(=O)O. The minimum absolute atomic E-state index is 0.104. The number of benzene rings is 1. The highest BCUT2D eigenvalue weighted by molar-refractivity contribution is 7.10. The summed E-state index contributed by atoms with van der Waals surface area (Å²) in [5, 5.41) is 25.2. The molecule has 3 aromatic rings. The molecule has 1 amide bonds. The molecule has 3 rings (SSSR count). The van der Waals surface area contributed by atoms with Crippen LogP contribution in [0.3, 0.4) is 0 Å². The summed E-state index contributed by atoms with van der Waals surface area (Å²) in [4.78, 5) is 34.6. The van der Waals surface area contributed by atoms with Crippen LogP contribution in [-0.2, 0) is 20.7 Å². The molecule has 34 heavy (non-hydrogen) atoms. The zero-order chi connectivity index (χ0) is 24.9. The number of anilines is 3. The van der Waals surface area contributed by atoms with Gasteiger partial charge >= 0.3 is 12.1 Å². The molecule has 0 radical (unpaired) electrons. The Labute approximate surface area is 200 Å². The monoisotopic (exact) mass is 486 g/mol. The van der Waals surface area contributed by atoms with Crippen molar-refractivity contribution in [3.05, 3.63) is 70.4 Å². The number of ether oxygens (including phenoxy) is 1. The van der Waals surface area contributed by atoms with E-state index in [4.69, 9.17) is 15.6 Å². The lowest BCUT2D eigenvalue weighted by molar-refractivity contribution is -0.342. The van der Waals surface area contributed by atoms with E-state index in [0.29, 0.717) is 18.1 Å². The maximum atomic E-state index is 11.6. The lowest BCUT2D eigenvalue weighted by Crippen LogP contribution is -2.24. The van der Waals surface area contributed by atoms with Crippen LogP contribution in [0, 0.1) is 0 Å². The summed E-state index contributed by atoms with van der Waals surface area (Å²) in [6, 6.07) is 18.2. The average Bonchev–Trinajstić information content (AvgIpc) is 3.31. The Kier molecular flexibility index (Phi) is 10.3. The number of pyridine rings is 1. The van der Waals surface area contributed by atoms with Gasteiger partial charge in [0.25, 0.3) is 0 Å². The van der Waals surface area contributed by atoms with Crippen LogP contribution in [0.1, 0.15) is 29.8 Å². The van der Waals surface area contributed by atoms with Gasteiger partial charge in [0.1, 0.15) is 11.7 Å². The standard InChI is InChI=1S/C20H22N4O2S.C3H4O4/c1-2-26-20(25)23-15-10-11-18(24-19(15)21)22-16(17-9-6-12-27-17)13-14-7-4-3-5-8-14;4-2(5)1-3(6)7/h3-12,16H,2,13H2,1H3,(H,23,25)(H3,21,22,24);1H2,(H,4,5)(H,6,7). The molecular formula is C23H26N4O6S. The largest absolute Gasteiger partial charge is 0.550 e. The molecule has 0 aliphatic heterocycles. The summed E-state index contributed by atoms with van der Waals surface area (Å²) in [5.41, 5.74) is 7.78. The van der Waals surface area contributed by atoms with E-state index >= 15 is 0 Å². The maximum Gasteiger partial charge on any atom is 0.411 e. The van der Waals surface area contributed by atoms with E-state index in [1.165, 1.54) is 10.4 Å². The minimum atomic E-state index is -1.56. The van der Waals surface area contributed by atoms with Crippen LogP contribution in [0.4, 0.5) is 22.1 Å². The van der Waals surface area contributed by atoms with E-state index in [1.54, 1.807) is 24.3 Å². The van der Waals surface area contributed by atoms with E-state index in [0.717, 1.165) is 12.2 Å². The maximum absolute atomic E-state index is 11.6. The zero-order valence-corrected chi connectivity index (χ0v) is 19.3. The number of rotatable bonds is 9. The van der Waals surface area contributed by atoms with E-state index in [9.17, 15) is 19.5 Å². The van der Waals surface area contributed by atoms with Crippen LogP contribution in [-0.4, -0.2) is 29.7 Å². The number of aromatic nitrogens is 1. The number of carbonyl (C=O) groups is 3. The normalized spacial score (nSPS) is 10.9. The van der Waals surface area contributed by atoms with Gasteiger partial charge in [-0.25, -0.2) is 9.78 Å². The number of thiophene rings is 1. The highest BCUT2D eigenvalue weighted by Crippen LogP contribution is 2.26. The van der Waals surface area contributed by atoms with Gasteiger partial charge in [0.05, 0.1) is 19.0 Å².